The van der Waals surface area contributed by atoms with Gasteiger partial charge in [0.05, 0.1) is 0 Å². The largest absolute Gasteiger partial charge is 0.480 e. The quantitative estimate of drug-likeness (QED) is 0.815. The molecule has 0 spiro atoms. The molecule has 0 aromatic heterocycles. The van der Waals surface area contributed by atoms with Crippen molar-refractivity contribution >= 4 is 23.5 Å². The molecule has 0 atom stereocenters. The van der Waals surface area contributed by atoms with Crippen LogP contribution in [0.1, 0.15) is 29.8 Å². The smallest absolute Gasteiger partial charge is 0.323 e. The van der Waals surface area contributed by atoms with Crippen molar-refractivity contribution in [3.05, 3.63) is 65.7 Å². The number of carbonyl (C=O) groups is 3. The minimum atomic E-state index is -1.09. The van der Waals surface area contributed by atoms with Crippen LogP contribution >= 0.6 is 0 Å². The highest BCUT2D eigenvalue weighted by molar-refractivity contribution is 6.08. The maximum Gasteiger partial charge on any atom is 0.323 e. The fourth-order valence-electron chi connectivity index (χ4n) is 2.72. The van der Waals surface area contributed by atoms with Gasteiger partial charge >= 0.3 is 5.97 Å². The molecule has 0 radical (unpaired) electrons. The lowest BCUT2D eigenvalue weighted by molar-refractivity contribution is -0.135. The van der Waals surface area contributed by atoms with E-state index in [1.54, 1.807) is 66.5 Å². The number of hydrogen-bond donors (Lipinski definition) is 1. The van der Waals surface area contributed by atoms with Crippen LogP contribution in [0, 0.1) is 5.92 Å². The Morgan fingerprint density at radius 3 is 2.07 bits per heavy atom. The fourth-order valence-corrected chi connectivity index (χ4v) is 2.72. The second-order valence-electron chi connectivity index (χ2n) is 6.67. The number of amides is 2. The molecule has 142 valence electrons. The normalized spacial score (nSPS) is 10.5. The summed E-state index contributed by atoms with van der Waals surface area (Å²) < 4.78 is 0. The molecule has 0 bridgehead atoms. The Kier molecular flexibility index (Phi) is 6.71. The minimum Gasteiger partial charge on any atom is -0.480 e. The molecule has 0 fully saturated rings. The number of hydrogen-bond acceptors (Lipinski definition) is 3. The van der Waals surface area contributed by atoms with E-state index in [-0.39, 0.29) is 17.7 Å². The van der Waals surface area contributed by atoms with Gasteiger partial charge in [0.25, 0.3) is 5.91 Å². The van der Waals surface area contributed by atoms with Gasteiger partial charge in [0, 0.05) is 30.8 Å². The first kappa shape index (κ1) is 20.2. The molecule has 0 aliphatic rings. The summed E-state index contributed by atoms with van der Waals surface area (Å²) in [7, 11) is 1.74. The molecule has 0 aliphatic carbocycles. The van der Waals surface area contributed by atoms with Crippen molar-refractivity contribution in [3.8, 4) is 0 Å². The first-order chi connectivity index (χ1) is 12.8. The summed E-state index contributed by atoms with van der Waals surface area (Å²) in [4.78, 5) is 38.8. The number of carboxylic acid groups (broad SMARTS) is 1. The lowest BCUT2D eigenvalue weighted by Crippen LogP contribution is -2.35. The van der Waals surface area contributed by atoms with Crippen molar-refractivity contribution in [2.75, 3.05) is 18.5 Å². The number of benzene rings is 2. The van der Waals surface area contributed by atoms with E-state index in [0.29, 0.717) is 17.8 Å². The van der Waals surface area contributed by atoms with Gasteiger partial charge in [-0.3, -0.25) is 19.3 Å². The van der Waals surface area contributed by atoms with E-state index in [0.717, 1.165) is 5.56 Å². The highest BCUT2D eigenvalue weighted by Gasteiger charge is 2.20. The van der Waals surface area contributed by atoms with Crippen LogP contribution in [-0.4, -0.2) is 41.4 Å². The molecule has 0 heterocycles. The Balaban J connectivity index is 2.17. The summed E-state index contributed by atoms with van der Waals surface area (Å²) >= 11 is 0. The third-order valence-electron chi connectivity index (χ3n) is 4.10. The standard InChI is InChI=1S/C21H24N2O4/c1-15(2)20(26)22(3)13-16-9-11-17(12-10-16)21(27)23(14-19(24)25)18-7-5-4-6-8-18/h4-12,15H,13-14H2,1-3H3,(H,24,25). The second kappa shape index (κ2) is 8.98. The van der Waals surface area contributed by atoms with Crippen molar-refractivity contribution in [2.45, 2.75) is 20.4 Å². The second-order valence-corrected chi connectivity index (χ2v) is 6.67. The molecule has 0 saturated heterocycles. The predicted octanol–water partition coefficient (Wildman–Crippen LogP) is 3.03. The number of carboxylic acids is 1. The molecular weight excluding hydrogens is 344 g/mol. The zero-order valence-corrected chi connectivity index (χ0v) is 15.8. The molecule has 2 amide bonds. The predicted molar refractivity (Wildman–Crippen MR) is 104 cm³/mol. The SMILES string of the molecule is CC(C)C(=O)N(C)Cc1ccc(C(=O)N(CC(=O)O)c2ccccc2)cc1. The Hall–Kier alpha value is -3.15. The van der Waals surface area contributed by atoms with Gasteiger partial charge in [0.15, 0.2) is 0 Å². The molecule has 6 heteroatoms. The zero-order chi connectivity index (χ0) is 20.0. The third-order valence-corrected chi connectivity index (χ3v) is 4.10. The summed E-state index contributed by atoms with van der Waals surface area (Å²) in [6.07, 6.45) is 0. The molecule has 0 unspecified atom stereocenters. The average molecular weight is 368 g/mol. The Morgan fingerprint density at radius 2 is 1.56 bits per heavy atom. The Bertz CT molecular complexity index is 801. The Labute approximate surface area is 159 Å². The van der Waals surface area contributed by atoms with E-state index in [2.05, 4.69) is 0 Å². The monoisotopic (exact) mass is 368 g/mol. The first-order valence-electron chi connectivity index (χ1n) is 8.72. The lowest BCUT2D eigenvalue weighted by Gasteiger charge is -2.22. The fraction of sp³-hybridized carbons (Fsp3) is 0.286. The molecular formula is C21H24N2O4. The molecule has 6 nitrogen and oxygen atoms in total. The first-order valence-corrected chi connectivity index (χ1v) is 8.72. The molecule has 0 aliphatic heterocycles. The van der Waals surface area contributed by atoms with E-state index >= 15 is 0 Å². The number of nitrogens with zero attached hydrogens (tertiary/aromatic N) is 2. The van der Waals surface area contributed by atoms with Gasteiger partial charge in [-0.1, -0.05) is 44.2 Å². The summed E-state index contributed by atoms with van der Waals surface area (Å²) in [6, 6.07) is 15.6. The molecule has 2 rings (SSSR count). The number of carbonyl (C=O) groups excluding carboxylic acids is 2. The van der Waals surface area contributed by atoms with Gasteiger partial charge in [0.1, 0.15) is 6.54 Å². The van der Waals surface area contributed by atoms with Crippen LogP contribution in [0.3, 0.4) is 0 Å². The highest BCUT2D eigenvalue weighted by atomic mass is 16.4. The van der Waals surface area contributed by atoms with Gasteiger partial charge in [-0.15, -0.1) is 0 Å². The molecule has 2 aromatic carbocycles. The lowest BCUT2D eigenvalue weighted by atomic mass is 10.1. The number of anilines is 1. The highest BCUT2D eigenvalue weighted by Crippen LogP contribution is 2.17. The zero-order valence-electron chi connectivity index (χ0n) is 15.8. The van der Waals surface area contributed by atoms with E-state index in [4.69, 9.17) is 5.11 Å². The summed E-state index contributed by atoms with van der Waals surface area (Å²) in [5.74, 6) is -1.50. The summed E-state index contributed by atoms with van der Waals surface area (Å²) in [5.41, 5.74) is 1.81. The minimum absolute atomic E-state index is 0.0480. The van der Waals surface area contributed by atoms with Crippen LogP contribution in [-0.2, 0) is 16.1 Å². The maximum atomic E-state index is 12.8. The van der Waals surface area contributed by atoms with Crippen molar-refractivity contribution in [3.63, 3.8) is 0 Å². The maximum absolute atomic E-state index is 12.8. The molecule has 0 saturated carbocycles. The Morgan fingerprint density at radius 1 is 0.963 bits per heavy atom. The number of para-hydroxylation sites is 1. The summed E-state index contributed by atoms with van der Waals surface area (Å²) in [5, 5.41) is 9.15. The van der Waals surface area contributed by atoms with Gasteiger partial charge in [0.2, 0.25) is 5.91 Å². The van der Waals surface area contributed by atoms with Crippen LogP contribution in [0.2, 0.25) is 0 Å². The molecule has 27 heavy (non-hydrogen) atoms. The van der Waals surface area contributed by atoms with E-state index < -0.39 is 12.5 Å². The molecule has 1 N–H and O–H groups in total. The summed E-state index contributed by atoms with van der Waals surface area (Å²) in [6.45, 7) is 3.72. The van der Waals surface area contributed by atoms with Crippen LogP contribution in [0.5, 0.6) is 0 Å². The van der Waals surface area contributed by atoms with Crippen molar-refractivity contribution in [1.82, 2.24) is 4.90 Å². The third kappa shape index (κ3) is 5.41. The van der Waals surface area contributed by atoms with Crippen LogP contribution in [0.25, 0.3) is 0 Å². The van der Waals surface area contributed by atoms with E-state index in [9.17, 15) is 14.4 Å². The van der Waals surface area contributed by atoms with Gasteiger partial charge in [-0.25, -0.2) is 0 Å². The molecule has 2 aromatic rings. The van der Waals surface area contributed by atoms with Crippen LogP contribution in [0.4, 0.5) is 5.69 Å². The van der Waals surface area contributed by atoms with Crippen LogP contribution < -0.4 is 4.90 Å². The van der Waals surface area contributed by atoms with E-state index in [1.165, 1.54) is 4.90 Å². The number of rotatable bonds is 7. The van der Waals surface area contributed by atoms with Gasteiger partial charge in [-0.2, -0.15) is 0 Å². The topological polar surface area (TPSA) is 77.9 Å². The van der Waals surface area contributed by atoms with Crippen molar-refractivity contribution in [2.24, 2.45) is 5.92 Å². The van der Waals surface area contributed by atoms with E-state index in [1.807, 2.05) is 13.8 Å². The van der Waals surface area contributed by atoms with Crippen LogP contribution in [0.15, 0.2) is 54.6 Å². The average Bonchev–Trinajstić information content (AvgIpc) is 2.66. The van der Waals surface area contributed by atoms with Gasteiger partial charge < -0.3 is 10.0 Å². The van der Waals surface area contributed by atoms with Crippen molar-refractivity contribution in [1.29, 1.82) is 0 Å². The number of aliphatic carboxylic acids is 1. The van der Waals surface area contributed by atoms with Crippen molar-refractivity contribution < 1.29 is 19.5 Å². The van der Waals surface area contributed by atoms with Gasteiger partial charge in [-0.05, 0) is 29.8 Å².